The van der Waals surface area contributed by atoms with Crippen LogP contribution in [-0.2, 0) is 19.0 Å². The number of aliphatic imine (C=N–C) groups is 1. The molecule has 1 amide bonds. The highest BCUT2D eigenvalue weighted by atomic mass is 16.5. The lowest BCUT2D eigenvalue weighted by Gasteiger charge is -2.34. The number of amides is 1. The monoisotopic (exact) mass is 558 g/mol. The molecule has 2 N–H and O–H groups in total. The molecular formula is C29H46N6O5. The Hall–Kier alpha value is -2.43. The van der Waals surface area contributed by atoms with Gasteiger partial charge in [-0.25, -0.2) is 4.99 Å². The average molecular weight is 559 g/mol. The van der Waals surface area contributed by atoms with Crippen molar-refractivity contribution in [1.29, 1.82) is 0 Å². The minimum atomic E-state index is -1.13. The van der Waals surface area contributed by atoms with Gasteiger partial charge in [-0.1, -0.05) is 16.8 Å². The normalized spacial score (nSPS) is 29.3. The maximum Gasteiger partial charge on any atom is 0.252 e. The SMILES string of the molecule is C=CC[C@@]1(C(=O)NCCN2CCOCC2)N=C(C2CCC(OCCCO)CC2)O[C@@H]1C1=C(CN=[N+]=[N-])CCCC1. The second-order valence-electron chi connectivity index (χ2n) is 11.2. The maximum atomic E-state index is 14.1. The molecule has 1 saturated carbocycles. The van der Waals surface area contributed by atoms with E-state index in [2.05, 4.69) is 26.8 Å². The number of hydrogen-bond donors (Lipinski definition) is 2. The highest BCUT2D eigenvalue weighted by molar-refractivity contribution is 5.95. The van der Waals surface area contributed by atoms with E-state index < -0.39 is 11.6 Å². The third kappa shape index (κ3) is 7.64. The van der Waals surface area contributed by atoms with E-state index in [0.29, 0.717) is 38.4 Å². The van der Waals surface area contributed by atoms with Crippen molar-refractivity contribution in [3.8, 4) is 0 Å². The molecule has 0 aromatic carbocycles. The molecule has 2 aliphatic carbocycles. The lowest BCUT2D eigenvalue weighted by molar-refractivity contribution is -0.128. The van der Waals surface area contributed by atoms with Crippen molar-refractivity contribution >= 4 is 11.8 Å². The predicted molar refractivity (Wildman–Crippen MR) is 153 cm³/mol. The summed E-state index contributed by atoms with van der Waals surface area (Å²) in [6.45, 7) is 9.44. The smallest absolute Gasteiger partial charge is 0.252 e. The van der Waals surface area contributed by atoms with Gasteiger partial charge < -0.3 is 24.6 Å². The van der Waals surface area contributed by atoms with Gasteiger partial charge in [0.15, 0.2) is 17.5 Å². The molecule has 0 aromatic rings. The molecule has 4 aliphatic rings. The first-order chi connectivity index (χ1) is 19.6. The van der Waals surface area contributed by atoms with Gasteiger partial charge in [0.1, 0.15) is 0 Å². The Kier molecular flexibility index (Phi) is 11.9. The molecule has 2 atom stereocenters. The summed E-state index contributed by atoms with van der Waals surface area (Å²) in [4.78, 5) is 24.5. The van der Waals surface area contributed by atoms with Gasteiger partial charge in [-0.2, -0.15) is 0 Å². The van der Waals surface area contributed by atoms with Crippen molar-refractivity contribution in [1.82, 2.24) is 10.2 Å². The Labute approximate surface area is 237 Å². The van der Waals surface area contributed by atoms with Gasteiger partial charge in [0.25, 0.3) is 5.91 Å². The predicted octanol–water partition coefficient (Wildman–Crippen LogP) is 3.69. The minimum Gasteiger partial charge on any atom is -0.470 e. The highest BCUT2D eigenvalue weighted by Gasteiger charge is 2.54. The number of aliphatic hydroxyl groups is 1. The summed E-state index contributed by atoms with van der Waals surface area (Å²) in [6, 6.07) is 0. The number of rotatable bonds is 14. The topological polar surface area (TPSA) is 141 Å². The lowest BCUT2D eigenvalue weighted by atomic mass is 9.78. The van der Waals surface area contributed by atoms with Crippen molar-refractivity contribution in [3.05, 3.63) is 34.2 Å². The van der Waals surface area contributed by atoms with Gasteiger partial charge in [-0.05, 0) is 68.9 Å². The molecule has 4 rings (SSSR count). The van der Waals surface area contributed by atoms with E-state index in [-0.39, 0.29) is 24.5 Å². The molecule has 0 radical (unpaired) electrons. The number of aliphatic hydroxyl groups excluding tert-OH is 1. The van der Waals surface area contributed by atoms with Crippen LogP contribution in [0.4, 0.5) is 0 Å². The van der Waals surface area contributed by atoms with Crippen LogP contribution < -0.4 is 5.32 Å². The van der Waals surface area contributed by atoms with Crippen LogP contribution in [0.25, 0.3) is 10.4 Å². The molecular weight excluding hydrogens is 512 g/mol. The van der Waals surface area contributed by atoms with Crippen LogP contribution in [-0.4, -0.2) is 98.7 Å². The molecule has 2 fully saturated rings. The van der Waals surface area contributed by atoms with E-state index in [1.54, 1.807) is 6.08 Å². The second-order valence-corrected chi connectivity index (χ2v) is 11.2. The number of morpholine rings is 1. The van der Waals surface area contributed by atoms with E-state index in [9.17, 15) is 4.79 Å². The van der Waals surface area contributed by atoms with Crippen molar-refractivity contribution in [2.45, 2.75) is 82.0 Å². The number of hydrogen-bond acceptors (Lipinski definition) is 8. The fraction of sp³-hybridized carbons (Fsp3) is 0.793. The summed E-state index contributed by atoms with van der Waals surface area (Å²) < 4.78 is 18.1. The van der Waals surface area contributed by atoms with Gasteiger partial charge >= 0.3 is 0 Å². The Balaban J connectivity index is 1.55. The van der Waals surface area contributed by atoms with Crippen molar-refractivity contribution < 1.29 is 24.1 Å². The van der Waals surface area contributed by atoms with Gasteiger partial charge in [-0.15, -0.1) is 6.58 Å². The van der Waals surface area contributed by atoms with Crippen LogP contribution in [0.5, 0.6) is 0 Å². The summed E-state index contributed by atoms with van der Waals surface area (Å²) in [5.41, 5.74) is 10.00. The second kappa shape index (κ2) is 15.5. The van der Waals surface area contributed by atoms with Crippen molar-refractivity contribution in [2.24, 2.45) is 16.0 Å². The Morgan fingerprint density at radius 3 is 2.77 bits per heavy atom. The number of carbonyl (C=O) groups excluding carboxylic acids is 1. The standard InChI is InChI=1S/C29H46N6O5/c1-2-12-29(28(37)31-13-14-35-15-19-38-20-16-35)26(25-7-4-3-6-23(25)21-32-34-30)40-27(33-29)22-8-10-24(11-9-22)39-18-5-17-36/h2,22,24,26,36H,1,3-21H2,(H,31,37)/t22?,24?,26-,29-/m1/s1. The van der Waals surface area contributed by atoms with E-state index in [1.807, 2.05) is 0 Å². The third-order valence-corrected chi connectivity index (χ3v) is 8.60. The van der Waals surface area contributed by atoms with Gasteiger partial charge in [0, 0.05) is 63.2 Å². The first-order valence-corrected chi connectivity index (χ1v) is 15.0. The van der Waals surface area contributed by atoms with Crippen LogP contribution >= 0.6 is 0 Å². The highest BCUT2D eigenvalue weighted by Crippen LogP contribution is 2.43. The molecule has 1 saturated heterocycles. The number of nitrogens with zero attached hydrogens (tertiary/aromatic N) is 5. The Bertz CT molecular complexity index is 966. The molecule has 2 aliphatic heterocycles. The number of nitrogens with one attached hydrogen (secondary N) is 1. The van der Waals surface area contributed by atoms with E-state index >= 15 is 0 Å². The Morgan fingerprint density at radius 1 is 1.27 bits per heavy atom. The fourth-order valence-corrected chi connectivity index (χ4v) is 6.38. The number of ether oxygens (including phenoxy) is 3. The van der Waals surface area contributed by atoms with Crippen LogP contribution in [0.15, 0.2) is 33.9 Å². The van der Waals surface area contributed by atoms with Crippen molar-refractivity contribution in [2.75, 3.05) is 59.2 Å². The maximum absolute atomic E-state index is 14.1. The molecule has 222 valence electrons. The summed E-state index contributed by atoms with van der Waals surface area (Å²) >= 11 is 0. The van der Waals surface area contributed by atoms with Gasteiger partial charge in [0.2, 0.25) is 0 Å². The Morgan fingerprint density at radius 2 is 2.05 bits per heavy atom. The average Bonchev–Trinajstić information content (AvgIpc) is 3.38. The zero-order chi connectivity index (χ0) is 28.2. The van der Waals surface area contributed by atoms with E-state index in [4.69, 9.17) is 29.8 Å². The van der Waals surface area contributed by atoms with Crippen LogP contribution in [0.3, 0.4) is 0 Å². The zero-order valence-corrected chi connectivity index (χ0v) is 23.8. The minimum absolute atomic E-state index is 0.123. The van der Waals surface area contributed by atoms with Crippen LogP contribution in [0, 0.1) is 5.92 Å². The van der Waals surface area contributed by atoms with Gasteiger partial charge in [0.05, 0.1) is 19.3 Å². The van der Waals surface area contributed by atoms with E-state index in [0.717, 1.165) is 95.4 Å². The number of azide groups is 1. The molecule has 2 heterocycles. The first kappa shape index (κ1) is 30.5. The molecule has 11 nitrogen and oxygen atoms in total. The molecule has 40 heavy (non-hydrogen) atoms. The quantitative estimate of drug-likeness (QED) is 0.110. The lowest BCUT2D eigenvalue weighted by Crippen LogP contribution is -2.54. The fourth-order valence-electron chi connectivity index (χ4n) is 6.38. The summed E-state index contributed by atoms with van der Waals surface area (Å²) in [5, 5.41) is 16.1. The first-order valence-electron chi connectivity index (χ1n) is 15.0. The molecule has 11 heteroatoms. The molecule has 0 bridgehead atoms. The summed E-state index contributed by atoms with van der Waals surface area (Å²) in [6.07, 6.45) is 9.64. The van der Waals surface area contributed by atoms with Crippen molar-refractivity contribution in [3.63, 3.8) is 0 Å². The van der Waals surface area contributed by atoms with Gasteiger partial charge in [-0.3, -0.25) is 9.69 Å². The molecule has 0 spiro atoms. The molecule has 0 aromatic heterocycles. The summed E-state index contributed by atoms with van der Waals surface area (Å²) in [7, 11) is 0. The molecule has 0 unspecified atom stereocenters. The number of carbonyl (C=O) groups is 1. The van der Waals surface area contributed by atoms with E-state index in [1.165, 1.54) is 0 Å². The van der Waals surface area contributed by atoms with Crippen LogP contribution in [0.2, 0.25) is 0 Å². The summed E-state index contributed by atoms with van der Waals surface area (Å²) in [5.74, 6) is 0.644. The van der Waals surface area contributed by atoms with Crippen LogP contribution in [0.1, 0.15) is 64.2 Å². The largest absolute Gasteiger partial charge is 0.470 e. The zero-order valence-electron chi connectivity index (χ0n) is 23.8. The third-order valence-electron chi connectivity index (χ3n) is 8.60.